The van der Waals surface area contributed by atoms with Crippen LogP contribution in [-0.4, -0.2) is 29.1 Å². The monoisotopic (exact) mass is 299 g/mol. The first-order chi connectivity index (χ1) is 9.36. The fraction of sp³-hybridized carbons (Fsp3) is 0.429. The van der Waals surface area contributed by atoms with Gasteiger partial charge in [0.2, 0.25) is 0 Å². The number of carboxylic acid groups (broad SMARTS) is 1. The van der Waals surface area contributed by atoms with Gasteiger partial charge in [-0.3, -0.25) is 4.79 Å². The Hall–Kier alpha value is -1.75. The molecule has 1 aromatic rings. The van der Waals surface area contributed by atoms with Gasteiger partial charge in [-0.25, -0.2) is 4.79 Å². The van der Waals surface area contributed by atoms with E-state index in [-0.39, 0.29) is 28.3 Å². The number of para-hydroxylation sites is 1. The molecule has 0 bridgehead atoms. The van der Waals surface area contributed by atoms with Gasteiger partial charge in [0.05, 0.1) is 5.02 Å². The van der Waals surface area contributed by atoms with E-state index in [9.17, 15) is 9.59 Å². The maximum atomic E-state index is 11.9. The summed E-state index contributed by atoms with van der Waals surface area (Å²) >= 11 is 5.94. The van der Waals surface area contributed by atoms with Gasteiger partial charge in [0.15, 0.2) is 11.9 Å². The Morgan fingerprint density at radius 2 is 2.05 bits per heavy atom. The summed E-state index contributed by atoms with van der Waals surface area (Å²) in [6.45, 7) is 5.38. The van der Waals surface area contributed by atoms with Gasteiger partial charge in [0, 0.05) is 6.04 Å². The van der Waals surface area contributed by atoms with Crippen LogP contribution in [0, 0.1) is 0 Å². The topological polar surface area (TPSA) is 75.6 Å². The largest absolute Gasteiger partial charge is 0.478 e. The van der Waals surface area contributed by atoms with Crippen LogP contribution in [0.3, 0.4) is 0 Å². The summed E-state index contributed by atoms with van der Waals surface area (Å²) < 4.78 is 5.42. The summed E-state index contributed by atoms with van der Waals surface area (Å²) in [5.41, 5.74) is -0.0688. The molecule has 20 heavy (non-hydrogen) atoms. The van der Waals surface area contributed by atoms with Gasteiger partial charge >= 0.3 is 5.97 Å². The van der Waals surface area contributed by atoms with Gasteiger partial charge in [-0.15, -0.1) is 0 Å². The summed E-state index contributed by atoms with van der Waals surface area (Å²) in [5, 5.41) is 12.0. The van der Waals surface area contributed by atoms with Gasteiger partial charge in [-0.2, -0.15) is 0 Å². The molecule has 0 radical (unpaired) electrons. The summed E-state index contributed by atoms with van der Waals surface area (Å²) in [6.07, 6.45) is -0.0349. The molecule has 2 unspecified atom stereocenters. The van der Waals surface area contributed by atoms with Crippen molar-refractivity contribution in [2.24, 2.45) is 0 Å². The van der Waals surface area contributed by atoms with Crippen molar-refractivity contribution in [1.82, 2.24) is 5.32 Å². The number of carbonyl (C=O) groups is 2. The zero-order valence-corrected chi connectivity index (χ0v) is 12.4. The van der Waals surface area contributed by atoms with Gasteiger partial charge in [-0.1, -0.05) is 24.6 Å². The molecule has 0 heterocycles. The molecule has 5 nitrogen and oxygen atoms in total. The average molecular weight is 300 g/mol. The second-order valence-corrected chi connectivity index (χ2v) is 4.91. The van der Waals surface area contributed by atoms with Crippen LogP contribution in [0.1, 0.15) is 37.6 Å². The van der Waals surface area contributed by atoms with Crippen LogP contribution in [0.5, 0.6) is 5.75 Å². The normalized spacial score (nSPS) is 13.4. The summed E-state index contributed by atoms with van der Waals surface area (Å²) in [4.78, 5) is 23.0. The molecule has 0 spiro atoms. The van der Waals surface area contributed by atoms with Crippen molar-refractivity contribution in [3.05, 3.63) is 28.8 Å². The Morgan fingerprint density at radius 3 is 2.60 bits per heavy atom. The fourth-order valence-electron chi connectivity index (χ4n) is 1.49. The Labute approximate surface area is 122 Å². The predicted octanol–water partition coefficient (Wildman–Crippen LogP) is 2.72. The number of carboxylic acids is 1. The van der Waals surface area contributed by atoms with Crippen molar-refractivity contribution < 1.29 is 19.4 Å². The molecule has 0 fully saturated rings. The predicted molar refractivity (Wildman–Crippen MR) is 76.4 cm³/mol. The highest BCUT2D eigenvalue weighted by Crippen LogP contribution is 2.29. The quantitative estimate of drug-likeness (QED) is 0.847. The first kappa shape index (κ1) is 16.3. The highest BCUT2D eigenvalue weighted by molar-refractivity contribution is 6.32. The summed E-state index contributed by atoms with van der Waals surface area (Å²) in [6, 6.07) is 4.44. The molecule has 1 amide bonds. The van der Waals surface area contributed by atoms with Gasteiger partial charge in [-0.05, 0) is 32.4 Å². The molecule has 2 atom stereocenters. The zero-order valence-electron chi connectivity index (χ0n) is 11.6. The molecular weight excluding hydrogens is 282 g/mol. The number of benzene rings is 1. The van der Waals surface area contributed by atoms with E-state index in [1.165, 1.54) is 18.2 Å². The molecule has 0 saturated heterocycles. The smallest absolute Gasteiger partial charge is 0.339 e. The Bertz CT molecular complexity index is 504. The van der Waals surface area contributed by atoms with Crippen LogP contribution in [-0.2, 0) is 4.79 Å². The van der Waals surface area contributed by atoms with Gasteiger partial charge in [0.25, 0.3) is 5.91 Å². The number of carbonyl (C=O) groups excluding carboxylic acids is 1. The fourth-order valence-corrected chi connectivity index (χ4v) is 1.71. The molecule has 0 aromatic heterocycles. The molecule has 1 rings (SSSR count). The van der Waals surface area contributed by atoms with Gasteiger partial charge in [0.1, 0.15) is 5.56 Å². The average Bonchev–Trinajstić information content (AvgIpc) is 2.40. The molecule has 6 heteroatoms. The lowest BCUT2D eigenvalue weighted by molar-refractivity contribution is -0.127. The Morgan fingerprint density at radius 1 is 1.40 bits per heavy atom. The minimum Gasteiger partial charge on any atom is -0.478 e. The number of nitrogens with one attached hydrogen (secondary N) is 1. The minimum absolute atomic E-state index is 0.00784. The van der Waals surface area contributed by atoms with E-state index in [1.54, 1.807) is 6.92 Å². The number of amides is 1. The van der Waals surface area contributed by atoms with E-state index in [4.69, 9.17) is 21.4 Å². The first-order valence-corrected chi connectivity index (χ1v) is 6.73. The lowest BCUT2D eigenvalue weighted by atomic mass is 10.2. The molecule has 1 aromatic carbocycles. The standard InChI is InChI=1S/C14H18ClNO4/c1-4-8(2)16-13(17)9(3)20-12-10(14(18)19)6-5-7-11(12)15/h5-9H,4H2,1-3H3,(H,16,17)(H,18,19). The second kappa shape index (κ2) is 7.14. The van der Waals surface area contributed by atoms with Crippen LogP contribution in [0.4, 0.5) is 0 Å². The third-order valence-electron chi connectivity index (χ3n) is 2.86. The van der Waals surface area contributed by atoms with Crippen LogP contribution < -0.4 is 10.1 Å². The Kier molecular flexibility index (Phi) is 5.82. The molecule has 0 aliphatic heterocycles. The molecule has 0 aliphatic rings. The number of hydrogen-bond acceptors (Lipinski definition) is 3. The van der Waals surface area contributed by atoms with E-state index in [0.717, 1.165) is 6.42 Å². The first-order valence-electron chi connectivity index (χ1n) is 6.35. The van der Waals surface area contributed by atoms with Crippen molar-refractivity contribution >= 4 is 23.5 Å². The van der Waals surface area contributed by atoms with Crippen molar-refractivity contribution in [2.75, 3.05) is 0 Å². The molecule has 2 N–H and O–H groups in total. The summed E-state index contributed by atoms with van der Waals surface area (Å²) in [5.74, 6) is -1.46. The summed E-state index contributed by atoms with van der Waals surface area (Å²) in [7, 11) is 0. The number of halogens is 1. The lowest BCUT2D eigenvalue weighted by Crippen LogP contribution is -2.41. The van der Waals surface area contributed by atoms with Gasteiger partial charge < -0.3 is 15.2 Å². The zero-order chi connectivity index (χ0) is 15.3. The molecule has 0 saturated carbocycles. The number of hydrogen-bond donors (Lipinski definition) is 2. The SMILES string of the molecule is CCC(C)NC(=O)C(C)Oc1c(Cl)cccc1C(=O)O. The van der Waals surface area contributed by atoms with E-state index in [0.29, 0.717) is 0 Å². The molecule has 0 aliphatic carbocycles. The Balaban J connectivity index is 2.88. The maximum Gasteiger partial charge on any atom is 0.339 e. The van der Waals surface area contributed by atoms with Crippen molar-refractivity contribution in [3.8, 4) is 5.75 Å². The van der Waals surface area contributed by atoms with Crippen molar-refractivity contribution in [2.45, 2.75) is 39.3 Å². The highest BCUT2D eigenvalue weighted by atomic mass is 35.5. The van der Waals surface area contributed by atoms with E-state index >= 15 is 0 Å². The van der Waals surface area contributed by atoms with Crippen LogP contribution >= 0.6 is 11.6 Å². The molecule has 110 valence electrons. The second-order valence-electron chi connectivity index (χ2n) is 4.50. The number of rotatable bonds is 6. The number of ether oxygens (including phenoxy) is 1. The van der Waals surface area contributed by atoms with Crippen molar-refractivity contribution in [1.29, 1.82) is 0 Å². The maximum absolute atomic E-state index is 11.9. The van der Waals surface area contributed by atoms with E-state index in [2.05, 4.69) is 5.32 Å². The number of aromatic carboxylic acids is 1. The van der Waals surface area contributed by atoms with E-state index in [1.807, 2.05) is 13.8 Å². The van der Waals surface area contributed by atoms with Crippen LogP contribution in [0.2, 0.25) is 5.02 Å². The highest BCUT2D eigenvalue weighted by Gasteiger charge is 2.21. The third kappa shape index (κ3) is 4.13. The lowest BCUT2D eigenvalue weighted by Gasteiger charge is -2.19. The van der Waals surface area contributed by atoms with E-state index < -0.39 is 12.1 Å². The van der Waals surface area contributed by atoms with Crippen LogP contribution in [0.15, 0.2) is 18.2 Å². The minimum atomic E-state index is -1.16. The third-order valence-corrected chi connectivity index (χ3v) is 3.16. The van der Waals surface area contributed by atoms with Crippen LogP contribution in [0.25, 0.3) is 0 Å². The molecular formula is C14H18ClNO4. The van der Waals surface area contributed by atoms with Crippen molar-refractivity contribution in [3.63, 3.8) is 0 Å².